The molecule has 1 heterocycles. The average Bonchev–Trinajstić information content (AvgIpc) is 2.60. The maximum absolute atomic E-state index is 11.8. The van der Waals surface area contributed by atoms with Crippen molar-refractivity contribution in [3.05, 3.63) is 53.6 Å². The van der Waals surface area contributed by atoms with Gasteiger partial charge in [-0.3, -0.25) is 4.79 Å². The number of nitrogens with zero attached hydrogens (tertiary/aromatic N) is 1. The van der Waals surface area contributed by atoms with Crippen LogP contribution < -0.4 is 20.8 Å². The first-order valence-electron chi connectivity index (χ1n) is 7.34. The second-order valence-electron chi connectivity index (χ2n) is 5.23. The number of carbonyl (C=O) groups is 1. The third-order valence-corrected chi connectivity index (χ3v) is 3.57. The summed E-state index contributed by atoms with van der Waals surface area (Å²) in [5.41, 5.74) is 6.43. The Labute approximate surface area is 142 Å². The van der Waals surface area contributed by atoms with Gasteiger partial charge in [0.25, 0.3) is 5.91 Å². The van der Waals surface area contributed by atoms with Gasteiger partial charge in [-0.05, 0) is 18.2 Å². The van der Waals surface area contributed by atoms with Crippen molar-refractivity contribution in [2.24, 2.45) is 10.7 Å². The Hall–Kier alpha value is -3.48. The van der Waals surface area contributed by atoms with Crippen LogP contribution in [0.3, 0.4) is 0 Å². The van der Waals surface area contributed by atoms with Gasteiger partial charge in [-0.2, -0.15) is 0 Å². The normalized spacial score (nSPS) is 11.5. The van der Waals surface area contributed by atoms with Crippen LogP contribution >= 0.6 is 0 Å². The van der Waals surface area contributed by atoms with Crippen LogP contribution in [0.25, 0.3) is 11.0 Å². The third-order valence-electron chi connectivity index (χ3n) is 3.57. The first kappa shape index (κ1) is 16.4. The van der Waals surface area contributed by atoms with E-state index >= 15 is 0 Å². The SMILES string of the molecule is COc1cc(N=c2oc3cc(O)ccc3cc2C(N)=O)cc(OC)c1. The Morgan fingerprint density at radius 3 is 2.36 bits per heavy atom. The molecule has 3 aromatic rings. The van der Waals surface area contributed by atoms with Gasteiger partial charge >= 0.3 is 0 Å². The van der Waals surface area contributed by atoms with E-state index < -0.39 is 5.91 Å². The highest BCUT2D eigenvalue weighted by atomic mass is 16.5. The molecule has 0 spiro atoms. The molecule has 1 amide bonds. The molecule has 128 valence electrons. The molecule has 0 aliphatic heterocycles. The summed E-state index contributed by atoms with van der Waals surface area (Å²) in [6.45, 7) is 0. The number of carbonyl (C=O) groups excluding carboxylic acids is 1. The van der Waals surface area contributed by atoms with Gasteiger partial charge in [0.05, 0.1) is 19.9 Å². The number of phenols is 1. The largest absolute Gasteiger partial charge is 0.508 e. The van der Waals surface area contributed by atoms with E-state index in [1.807, 2.05) is 0 Å². The second kappa shape index (κ2) is 6.56. The van der Waals surface area contributed by atoms with E-state index in [2.05, 4.69) is 4.99 Å². The number of hydrogen-bond donors (Lipinski definition) is 2. The van der Waals surface area contributed by atoms with Gasteiger partial charge in [-0.25, -0.2) is 4.99 Å². The maximum Gasteiger partial charge on any atom is 0.254 e. The van der Waals surface area contributed by atoms with E-state index in [0.717, 1.165) is 0 Å². The Balaban J connectivity index is 2.27. The number of primary amides is 1. The lowest BCUT2D eigenvalue weighted by atomic mass is 10.1. The molecular formula is C18H16N2O5. The maximum atomic E-state index is 11.8. The summed E-state index contributed by atoms with van der Waals surface area (Å²) in [4.78, 5) is 16.1. The van der Waals surface area contributed by atoms with E-state index in [1.54, 1.807) is 30.3 Å². The van der Waals surface area contributed by atoms with Gasteiger partial charge in [-0.1, -0.05) is 0 Å². The van der Waals surface area contributed by atoms with Crippen molar-refractivity contribution in [1.82, 2.24) is 0 Å². The van der Waals surface area contributed by atoms with Crippen molar-refractivity contribution < 1.29 is 23.8 Å². The molecule has 0 bridgehead atoms. The summed E-state index contributed by atoms with van der Waals surface area (Å²) in [6.07, 6.45) is 0. The quantitative estimate of drug-likeness (QED) is 0.759. The van der Waals surface area contributed by atoms with Crippen LogP contribution in [-0.2, 0) is 0 Å². The molecule has 3 rings (SSSR count). The molecule has 0 aliphatic rings. The number of phenolic OH excluding ortho intramolecular Hbond substituents is 1. The van der Waals surface area contributed by atoms with Gasteiger partial charge in [-0.15, -0.1) is 0 Å². The lowest BCUT2D eigenvalue weighted by Gasteiger charge is -2.06. The lowest BCUT2D eigenvalue weighted by molar-refractivity contribution is 0.0996. The highest BCUT2D eigenvalue weighted by molar-refractivity contribution is 5.95. The van der Waals surface area contributed by atoms with Crippen LogP contribution in [0, 0.1) is 0 Å². The standard InChI is InChI=1S/C18H16N2O5/c1-23-13-6-11(7-14(9-13)24-2)20-18-15(17(19)22)5-10-3-4-12(21)8-16(10)25-18/h3-9,21H,1-2H3,(H2,19,22). The van der Waals surface area contributed by atoms with Crippen molar-refractivity contribution in [1.29, 1.82) is 0 Å². The number of rotatable bonds is 4. The Bertz CT molecular complexity index is 1000. The summed E-state index contributed by atoms with van der Waals surface area (Å²) in [5, 5.41) is 10.2. The molecule has 7 heteroatoms. The Morgan fingerprint density at radius 2 is 1.76 bits per heavy atom. The number of hydrogen-bond acceptors (Lipinski definition) is 6. The van der Waals surface area contributed by atoms with E-state index in [1.165, 1.54) is 26.4 Å². The number of benzene rings is 2. The number of fused-ring (bicyclic) bond motifs is 1. The highest BCUT2D eigenvalue weighted by Crippen LogP contribution is 2.27. The summed E-state index contributed by atoms with van der Waals surface area (Å²) in [7, 11) is 3.05. The number of methoxy groups -OCH3 is 2. The summed E-state index contributed by atoms with van der Waals surface area (Å²) in [5.74, 6) is 0.443. The fourth-order valence-corrected chi connectivity index (χ4v) is 2.34. The number of aromatic hydroxyl groups is 1. The molecule has 0 saturated heterocycles. The highest BCUT2D eigenvalue weighted by Gasteiger charge is 2.10. The van der Waals surface area contributed by atoms with Crippen LogP contribution in [0.15, 0.2) is 51.9 Å². The van der Waals surface area contributed by atoms with Crippen LogP contribution in [0.4, 0.5) is 5.69 Å². The molecule has 25 heavy (non-hydrogen) atoms. The number of ether oxygens (including phenoxy) is 2. The molecule has 3 N–H and O–H groups in total. The second-order valence-corrected chi connectivity index (χ2v) is 5.23. The molecule has 1 aromatic heterocycles. The van der Waals surface area contributed by atoms with E-state index in [4.69, 9.17) is 19.6 Å². The first-order chi connectivity index (χ1) is 12.0. The summed E-state index contributed by atoms with van der Waals surface area (Å²) in [6, 6.07) is 11.1. The number of amides is 1. The Morgan fingerprint density at radius 1 is 1.08 bits per heavy atom. The first-order valence-corrected chi connectivity index (χ1v) is 7.34. The van der Waals surface area contributed by atoms with Crippen molar-refractivity contribution >= 4 is 22.6 Å². The average molecular weight is 340 g/mol. The van der Waals surface area contributed by atoms with Crippen LogP contribution in [0.5, 0.6) is 17.2 Å². The lowest BCUT2D eigenvalue weighted by Crippen LogP contribution is -2.21. The fourth-order valence-electron chi connectivity index (χ4n) is 2.34. The minimum absolute atomic E-state index is 0.0286. The zero-order valence-corrected chi connectivity index (χ0v) is 13.6. The predicted molar refractivity (Wildman–Crippen MR) is 91.2 cm³/mol. The summed E-state index contributed by atoms with van der Waals surface area (Å²) < 4.78 is 16.1. The molecule has 0 radical (unpaired) electrons. The predicted octanol–water partition coefficient (Wildman–Crippen LogP) is 2.49. The molecule has 0 fully saturated rings. The zero-order chi connectivity index (χ0) is 18.0. The zero-order valence-electron chi connectivity index (χ0n) is 13.6. The summed E-state index contributed by atoms with van der Waals surface area (Å²) >= 11 is 0. The van der Waals surface area contributed by atoms with Crippen LogP contribution in [-0.4, -0.2) is 25.2 Å². The Kier molecular flexibility index (Phi) is 4.30. The van der Waals surface area contributed by atoms with E-state index in [9.17, 15) is 9.90 Å². The van der Waals surface area contributed by atoms with Gasteiger partial charge in [0.1, 0.15) is 28.4 Å². The topological polar surface area (TPSA) is 107 Å². The minimum Gasteiger partial charge on any atom is -0.508 e. The molecular weight excluding hydrogens is 324 g/mol. The molecule has 0 unspecified atom stereocenters. The molecule has 0 atom stereocenters. The molecule has 7 nitrogen and oxygen atoms in total. The van der Waals surface area contributed by atoms with Gasteiger partial charge in [0, 0.05) is 29.7 Å². The van der Waals surface area contributed by atoms with Gasteiger partial charge < -0.3 is 24.7 Å². The van der Waals surface area contributed by atoms with Crippen molar-refractivity contribution in [3.8, 4) is 17.2 Å². The van der Waals surface area contributed by atoms with Crippen LogP contribution in [0.1, 0.15) is 10.4 Å². The monoisotopic (exact) mass is 340 g/mol. The van der Waals surface area contributed by atoms with Crippen molar-refractivity contribution in [3.63, 3.8) is 0 Å². The fraction of sp³-hybridized carbons (Fsp3) is 0.111. The number of nitrogens with two attached hydrogens (primary N) is 1. The van der Waals surface area contributed by atoms with E-state index in [-0.39, 0.29) is 16.9 Å². The minimum atomic E-state index is -0.674. The smallest absolute Gasteiger partial charge is 0.254 e. The molecule has 0 aliphatic carbocycles. The van der Waals surface area contributed by atoms with Crippen LogP contribution in [0.2, 0.25) is 0 Å². The molecule has 0 saturated carbocycles. The van der Waals surface area contributed by atoms with Gasteiger partial charge in [0.15, 0.2) is 0 Å². The third kappa shape index (κ3) is 3.40. The van der Waals surface area contributed by atoms with E-state index in [0.29, 0.717) is 28.2 Å². The van der Waals surface area contributed by atoms with Crippen molar-refractivity contribution in [2.75, 3.05) is 14.2 Å². The van der Waals surface area contributed by atoms with Crippen molar-refractivity contribution in [2.45, 2.75) is 0 Å². The molecule has 2 aromatic carbocycles. The van der Waals surface area contributed by atoms with Gasteiger partial charge in [0.2, 0.25) is 5.55 Å².